The summed E-state index contributed by atoms with van der Waals surface area (Å²) in [6.45, 7) is 7.91. The molecule has 7 nitrogen and oxygen atoms in total. The number of aliphatic hydroxyl groups is 1. The Labute approximate surface area is 181 Å². The van der Waals surface area contributed by atoms with Crippen LogP contribution in [0, 0.1) is 0 Å². The molecule has 30 heavy (non-hydrogen) atoms. The molecule has 2 rings (SSSR count). The van der Waals surface area contributed by atoms with Crippen LogP contribution in [0.25, 0.3) is 5.70 Å². The van der Waals surface area contributed by atoms with Crippen LogP contribution in [0.5, 0.6) is 17.2 Å². The van der Waals surface area contributed by atoms with Crippen LogP contribution in [-0.2, 0) is 0 Å². The van der Waals surface area contributed by atoms with E-state index in [1.54, 1.807) is 31.5 Å². The van der Waals surface area contributed by atoms with Crippen molar-refractivity contribution < 1.29 is 14.6 Å². The second kappa shape index (κ2) is 11.7. The Kier molecular flexibility index (Phi) is 9.05. The summed E-state index contributed by atoms with van der Waals surface area (Å²) >= 11 is 6.17. The van der Waals surface area contributed by atoms with E-state index in [0.29, 0.717) is 28.8 Å². The number of allylic oxidation sites excluding steroid dienone is 1. The van der Waals surface area contributed by atoms with E-state index >= 15 is 0 Å². The first-order valence-electron chi connectivity index (χ1n) is 9.28. The highest BCUT2D eigenvalue weighted by molar-refractivity contribution is 6.30. The van der Waals surface area contributed by atoms with Crippen LogP contribution in [0.2, 0.25) is 5.15 Å². The molecule has 0 bridgehead atoms. The minimum absolute atomic E-state index is 0.104. The van der Waals surface area contributed by atoms with Gasteiger partial charge in [-0.15, -0.1) is 0 Å². The molecule has 0 saturated carbocycles. The number of benzene rings is 1. The fourth-order valence-electron chi connectivity index (χ4n) is 2.47. The van der Waals surface area contributed by atoms with Crippen molar-refractivity contribution >= 4 is 35.0 Å². The number of hydrogen-bond donors (Lipinski definition) is 2. The SMILES string of the molecule is C=C(NC(/C=C\C)=NC)c1cc(Oc2cc(OCCO)cnc2Cl)ccc1N=CC. The minimum atomic E-state index is -0.104. The monoisotopic (exact) mass is 428 g/mol. The number of nitrogens with zero attached hydrogens (tertiary/aromatic N) is 3. The average Bonchev–Trinajstić information content (AvgIpc) is 2.75. The lowest BCUT2D eigenvalue weighted by atomic mass is 10.1. The molecule has 0 atom stereocenters. The maximum absolute atomic E-state index is 8.91. The number of pyridine rings is 1. The molecule has 8 heteroatoms. The molecule has 0 saturated heterocycles. The first-order valence-corrected chi connectivity index (χ1v) is 9.65. The molecular weight excluding hydrogens is 404 g/mol. The molecule has 0 spiro atoms. The van der Waals surface area contributed by atoms with Crippen molar-refractivity contribution in [1.29, 1.82) is 0 Å². The molecule has 0 aliphatic heterocycles. The highest BCUT2D eigenvalue weighted by Gasteiger charge is 2.12. The first-order chi connectivity index (χ1) is 14.5. The van der Waals surface area contributed by atoms with E-state index in [2.05, 4.69) is 26.9 Å². The zero-order valence-corrected chi connectivity index (χ0v) is 18.0. The van der Waals surface area contributed by atoms with Gasteiger partial charge in [0.05, 0.1) is 18.5 Å². The summed E-state index contributed by atoms with van der Waals surface area (Å²) in [5.74, 6) is 1.96. The zero-order chi connectivity index (χ0) is 21.9. The van der Waals surface area contributed by atoms with Gasteiger partial charge in [-0.05, 0) is 38.1 Å². The van der Waals surface area contributed by atoms with E-state index in [-0.39, 0.29) is 18.4 Å². The number of ether oxygens (including phenoxy) is 2. The molecule has 0 fully saturated rings. The molecule has 0 aliphatic carbocycles. The summed E-state index contributed by atoms with van der Waals surface area (Å²) in [6.07, 6.45) is 6.90. The summed E-state index contributed by atoms with van der Waals surface area (Å²) < 4.78 is 11.3. The Morgan fingerprint density at radius 1 is 1.30 bits per heavy atom. The largest absolute Gasteiger partial charge is 0.489 e. The number of halogens is 1. The molecule has 158 valence electrons. The van der Waals surface area contributed by atoms with Crippen LogP contribution in [0.3, 0.4) is 0 Å². The number of aliphatic hydroxyl groups excluding tert-OH is 1. The van der Waals surface area contributed by atoms with Crippen LogP contribution >= 0.6 is 11.6 Å². The van der Waals surface area contributed by atoms with Crippen LogP contribution in [0.4, 0.5) is 5.69 Å². The van der Waals surface area contributed by atoms with Gasteiger partial charge in [0.15, 0.2) is 10.9 Å². The number of aliphatic imine (C=N–C) groups is 2. The normalized spacial score (nSPS) is 11.8. The Morgan fingerprint density at radius 3 is 2.77 bits per heavy atom. The molecule has 2 aromatic rings. The fourth-order valence-corrected chi connectivity index (χ4v) is 2.62. The molecule has 0 unspecified atom stereocenters. The van der Waals surface area contributed by atoms with Gasteiger partial charge in [-0.1, -0.05) is 24.3 Å². The number of amidine groups is 1. The molecule has 0 aliphatic rings. The van der Waals surface area contributed by atoms with Crippen molar-refractivity contribution in [2.24, 2.45) is 9.98 Å². The highest BCUT2D eigenvalue weighted by Crippen LogP contribution is 2.34. The van der Waals surface area contributed by atoms with Crippen molar-refractivity contribution in [2.75, 3.05) is 20.3 Å². The Hall–Kier alpha value is -3.16. The molecule has 0 radical (unpaired) electrons. The van der Waals surface area contributed by atoms with Gasteiger partial charge in [-0.2, -0.15) is 0 Å². The van der Waals surface area contributed by atoms with Crippen molar-refractivity contribution in [2.45, 2.75) is 13.8 Å². The van der Waals surface area contributed by atoms with Crippen LogP contribution in [0.1, 0.15) is 19.4 Å². The standard InChI is InChI=1S/C22H25ClN4O3/c1-5-7-21(24-4)27-15(3)18-12-16(8-9-19(18)25-6-2)30-20-13-17(29-11-10-28)14-26-22(20)23/h5-9,12-14,28H,3,10-11H2,1-2,4H3,(H,24,27)/b7-5-,25-6?. The van der Waals surface area contributed by atoms with E-state index in [1.807, 2.05) is 32.1 Å². The Bertz CT molecular complexity index is 971. The second-order valence-electron chi connectivity index (χ2n) is 5.91. The Balaban J connectivity index is 2.35. The van der Waals surface area contributed by atoms with Gasteiger partial charge in [0.1, 0.15) is 23.9 Å². The molecule has 0 amide bonds. The van der Waals surface area contributed by atoms with E-state index < -0.39 is 0 Å². The van der Waals surface area contributed by atoms with Crippen molar-refractivity contribution in [1.82, 2.24) is 10.3 Å². The van der Waals surface area contributed by atoms with Gasteiger partial charge in [0.25, 0.3) is 0 Å². The maximum Gasteiger partial charge on any atom is 0.171 e. The van der Waals surface area contributed by atoms with Crippen LogP contribution < -0.4 is 14.8 Å². The van der Waals surface area contributed by atoms with Gasteiger partial charge >= 0.3 is 0 Å². The molecule has 1 heterocycles. The Morgan fingerprint density at radius 2 is 2.10 bits per heavy atom. The zero-order valence-electron chi connectivity index (χ0n) is 17.2. The highest BCUT2D eigenvalue weighted by atomic mass is 35.5. The van der Waals surface area contributed by atoms with E-state index in [9.17, 15) is 0 Å². The maximum atomic E-state index is 8.91. The molecule has 1 aromatic heterocycles. The van der Waals surface area contributed by atoms with Crippen LogP contribution in [-0.4, -0.2) is 42.4 Å². The van der Waals surface area contributed by atoms with Gasteiger partial charge in [-0.3, -0.25) is 9.98 Å². The molecule has 1 aromatic carbocycles. The van der Waals surface area contributed by atoms with Gasteiger partial charge in [0.2, 0.25) is 0 Å². The summed E-state index contributed by atoms with van der Waals surface area (Å²) in [5, 5.41) is 12.3. The van der Waals surface area contributed by atoms with Crippen LogP contribution in [0.15, 0.2) is 59.2 Å². The van der Waals surface area contributed by atoms with E-state index in [4.69, 9.17) is 26.2 Å². The van der Waals surface area contributed by atoms with Crippen molar-refractivity contribution in [3.05, 3.63) is 59.9 Å². The van der Waals surface area contributed by atoms with Gasteiger partial charge < -0.3 is 19.9 Å². The third-order valence-corrected chi connectivity index (χ3v) is 4.06. The minimum Gasteiger partial charge on any atom is -0.489 e. The second-order valence-corrected chi connectivity index (χ2v) is 6.27. The number of aromatic nitrogens is 1. The number of hydrogen-bond acceptors (Lipinski definition) is 6. The van der Waals surface area contributed by atoms with E-state index in [0.717, 1.165) is 11.3 Å². The smallest absolute Gasteiger partial charge is 0.171 e. The fraction of sp³-hybridized carbons (Fsp3) is 0.227. The molecule has 2 N–H and O–H groups in total. The third-order valence-electron chi connectivity index (χ3n) is 3.78. The summed E-state index contributed by atoms with van der Waals surface area (Å²) in [5.41, 5.74) is 2.08. The first kappa shape index (κ1) is 23.1. The number of rotatable bonds is 9. The summed E-state index contributed by atoms with van der Waals surface area (Å²) in [4.78, 5) is 12.6. The van der Waals surface area contributed by atoms with Crippen molar-refractivity contribution in [3.63, 3.8) is 0 Å². The lowest BCUT2D eigenvalue weighted by Crippen LogP contribution is -2.19. The summed E-state index contributed by atoms with van der Waals surface area (Å²) in [7, 11) is 1.70. The van der Waals surface area contributed by atoms with E-state index in [1.165, 1.54) is 6.20 Å². The quantitative estimate of drug-likeness (QED) is 0.340. The number of nitrogens with one attached hydrogen (secondary N) is 1. The molecular formula is C22H25ClN4O3. The van der Waals surface area contributed by atoms with Gasteiger partial charge in [0, 0.05) is 30.6 Å². The van der Waals surface area contributed by atoms with Crippen molar-refractivity contribution in [3.8, 4) is 17.2 Å². The predicted octanol–water partition coefficient (Wildman–Crippen LogP) is 4.79. The predicted molar refractivity (Wildman–Crippen MR) is 123 cm³/mol. The topological polar surface area (TPSA) is 88.3 Å². The lowest BCUT2D eigenvalue weighted by Gasteiger charge is -2.15. The third kappa shape index (κ3) is 6.43. The lowest BCUT2D eigenvalue weighted by molar-refractivity contribution is 0.200. The average molecular weight is 429 g/mol. The van der Waals surface area contributed by atoms with Gasteiger partial charge in [-0.25, -0.2) is 4.98 Å². The summed E-state index contributed by atoms with van der Waals surface area (Å²) in [6, 6.07) is 7.02.